The van der Waals surface area contributed by atoms with E-state index in [0.29, 0.717) is 39.6 Å². The van der Waals surface area contributed by atoms with Crippen molar-refractivity contribution in [3.63, 3.8) is 0 Å². The molecule has 0 heterocycles. The van der Waals surface area contributed by atoms with Crippen LogP contribution in [0.3, 0.4) is 0 Å². The van der Waals surface area contributed by atoms with Gasteiger partial charge in [0, 0.05) is 26.1 Å². The van der Waals surface area contributed by atoms with E-state index in [9.17, 15) is 9.59 Å². The Morgan fingerprint density at radius 2 is 1.00 bits per heavy atom. The van der Waals surface area contributed by atoms with Gasteiger partial charge in [-0.25, -0.2) is 0 Å². The maximum Gasteiger partial charge on any atom is 0.308 e. The number of carbonyl (C=O) groups is 2. The van der Waals surface area contributed by atoms with Crippen LogP contribution in [0.1, 0.15) is 174 Å². The van der Waals surface area contributed by atoms with Crippen molar-refractivity contribution in [3.05, 3.63) is 0 Å². The molecule has 0 spiro atoms. The Bertz CT molecular complexity index is 651. The topological polar surface area (TPSA) is 95.1 Å². The fraction of sp³-hybridized carbons (Fsp3) is 0.949. The van der Waals surface area contributed by atoms with Gasteiger partial charge in [0.2, 0.25) is 0 Å². The molecule has 0 aromatic carbocycles. The van der Waals surface area contributed by atoms with Crippen LogP contribution in [-0.2, 0) is 28.5 Å². The highest BCUT2D eigenvalue weighted by molar-refractivity contribution is 5.72. The summed E-state index contributed by atoms with van der Waals surface area (Å²) in [5.41, 5.74) is 0. The van der Waals surface area contributed by atoms with Gasteiger partial charge in [-0.1, -0.05) is 117 Å². The summed E-state index contributed by atoms with van der Waals surface area (Å²) in [6.45, 7) is 9.72. The van der Waals surface area contributed by atoms with Gasteiger partial charge in [-0.15, -0.1) is 0 Å². The second-order valence-electron chi connectivity index (χ2n) is 13.3. The van der Waals surface area contributed by atoms with Crippen LogP contribution in [0.15, 0.2) is 0 Å². The van der Waals surface area contributed by atoms with Crippen molar-refractivity contribution in [2.24, 2.45) is 5.92 Å². The van der Waals surface area contributed by atoms with Gasteiger partial charge in [0.05, 0.1) is 39.1 Å². The first kappa shape index (κ1) is 45.8. The number of rotatable bonds is 39. The van der Waals surface area contributed by atoms with E-state index in [1.165, 1.54) is 89.9 Å². The highest BCUT2D eigenvalue weighted by Crippen LogP contribution is 2.20. The first-order valence-corrected chi connectivity index (χ1v) is 20.0. The average molecular weight is 671 g/mol. The lowest BCUT2D eigenvalue weighted by molar-refractivity contribution is -0.149. The van der Waals surface area contributed by atoms with Crippen molar-refractivity contribution >= 4 is 11.9 Å². The minimum absolute atomic E-state index is 0.0484. The van der Waals surface area contributed by atoms with Crippen LogP contribution in [0.2, 0.25) is 0 Å². The second kappa shape index (κ2) is 39.2. The van der Waals surface area contributed by atoms with E-state index < -0.39 is 0 Å². The molecule has 0 radical (unpaired) electrons. The van der Waals surface area contributed by atoms with Crippen LogP contribution in [-0.4, -0.2) is 71.8 Å². The molecule has 2 N–H and O–H groups in total. The zero-order valence-electron chi connectivity index (χ0n) is 31.4. The molecule has 0 fully saturated rings. The number of esters is 2. The summed E-state index contributed by atoms with van der Waals surface area (Å²) < 4.78 is 22.3. The fourth-order valence-corrected chi connectivity index (χ4v) is 5.65. The molecule has 1 unspecified atom stereocenters. The van der Waals surface area contributed by atoms with Gasteiger partial charge in [-0.2, -0.15) is 0 Å². The molecule has 8 heteroatoms. The van der Waals surface area contributed by atoms with Crippen molar-refractivity contribution in [3.8, 4) is 0 Å². The first-order valence-electron chi connectivity index (χ1n) is 20.0. The van der Waals surface area contributed by atoms with Gasteiger partial charge in [0.25, 0.3) is 0 Å². The van der Waals surface area contributed by atoms with E-state index in [2.05, 4.69) is 24.5 Å². The Morgan fingerprint density at radius 3 is 1.64 bits per heavy atom. The van der Waals surface area contributed by atoms with Crippen LogP contribution >= 0.6 is 0 Å². The van der Waals surface area contributed by atoms with Crippen molar-refractivity contribution in [1.82, 2.24) is 10.6 Å². The maximum absolute atomic E-state index is 13.0. The summed E-state index contributed by atoms with van der Waals surface area (Å²) in [4.78, 5) is 25.1. The van der Waals surface area contributed by atoms with E-state index in [1.807, 2.05) is 7.05 Å². The van der Waals surface area contributed by atoms with E-state index in [1.54, 1.807) is 0 Å². The second-order valence-corrected chi connectivity index (χ2v) is 13.3. The fourth-order valence-electron chi connectivity index (χ4n) is 5.65. The van der Waals surface area contributed by atoms with Gasteiger partial charge < -0.3 is 24.3 Å². The van der Waals surface area contributed by atoms with Gasteiger partial charge >= 0.3 is 11.9 Å². The zero-order chi connectivity index (χ0) is 34.3. The van der Waals surface area contributed by atoms with E-state index in [-0.39, 0.29) is 17.9 Å². The zero-order valence-corrected chi connectivity index (χ0v) is 31.4. The Balaban J connectivity index is 4.08. The van der Waals surface area contributed by atoms with Crippen molar-refractivity contribution in [1.29, 1.82) is 0 Å². The minimum atomic E-state index is -0.0742. The number of ether oxygens (including phenoxy) is 4. The first-order chi connectivity index (χ1) is 23.2. The predicted octanol–water partition coefficient (Wildman–Crippen LogP) is 9.28. The minimum Gasteiger partial charge on any atom is -0.466 e. The Labute approximate surface area is 290 Å². The molecule has 0 aromatic rings. The van der Waals surface area contributed by atoms with E-state index >= 15 is 0 Å². The molecule has 8 nitrogen and oxygen atoms in total. The highest BCUT2D eigenvalue weighted by atomic mass is 16.5. The maximum atomic E-state index is 13.0. The molecule has 0 aliphatic carbocycles. The standard InChI is InChI=1S/C39H78N2O6/c1-4-6-8-10-12-14-16-18-21-28-38(42)46-32-25-22-27-37(26-20-17-15-13-11-9-7-5-2)39(43)47-33-24-19-23-31-45-36-41-30-35-44-34-29-40-3/h37,40-41H,4-36H2,1-3H3. The molecule has 0 aromatic heterocycles. The summed E-state index contributed by atoms with van der Waals surface area (Å²) >= 11 is 0. The molecule has 47 heavy (non-hydrogen) atoms. The third-order valence-corrected chi connectivity index (χ3v) is 8.73. The lowest BCUT2D eigenvalue weighted by Crippen LogP contribution is -2.24. The molecule has 0 bridgehead atoms. The van der Waals surface area contributed by atoms with E-state index in [4.69, 9.17) is 18.9 Å². The Kier molecular flexibility index (Phi) is 38.2. The number of hydrogen-bond donors (Lipinski definition) is 2. The monoisotopic (exact) mass is 671 g/mol. The van der Waals surface area contributed by atoms with Crippen molar-refractivity contribution in [2.45, 2.75) is 174 Å². The van der Waals surface area contributed by atoms with Crippen LogP contribution < -0.4 is 10.6 Å². The number of nitrogens with one attached hydrogen (secondary N) is 2. The molecular formula is C39H78N2O6. The summed E-state index contributed by atoms with van der Waals surface area (Å²) in [5.74, 6) is -0.174. The molecule has 0 saturated carbocycles. The number of unbranched alkanes of at least 4 members (excludes halogenated alkanes) is 18. The summed E-state index contributed by atoms with van der Waals surface area (Å²) in [5, 5.41) is 6.27. The number of likely N-dealkylation sites (N-methyl/N-ethyl adjacent to an activating group) is 1. The largest absolute Gasteiger partial charge is 0.466 e. The van der Waals surface area contributed by atoms with Crippen LogP contribution in [0.4, 0.5) is 0 Å². The molecular weight excluding hydrogens is 592 g/mol. The van der Waals surface area contributed by atoms with Crippen molar-refractivity contribution in [2.75, 3.05) is 59.9 Å². The summed E-state index contributed by atoms with van der Waals surface area (Å²) in [7, 11) is 1.92. The number of carbonyl (C=O) groups excluding carboxylic acids is 2. The van der Waals surface area contributed by atoms with Crippen LogP contribution in [0.5, 0.6) is 0 Å². The average Bonchev–Trinajstić information content (AvgIpc) is 3.07. The predicted molar refractivity (Wildman–Crippen MR) is 196 cm³/mol. The van der Waals surface area contributed by atoms with Gasteiger partial charge in [-0.05, 0) is 58.4 Å². The molecule has 0 rings (SSSR count). The number of hydrogen-bond acceptors (Lipinski definition) is 8. The molecule has 280 valence electrons. The normalized spacial score (nSPS) is 12.0. The third kappa shape index (κ3) is 35.9. The summed E-state index contributed by atoms with van der Waals surface area (Å²) in [6, 6.07) is 0. The lowest BCUT2D eigenvalue weighted by atomic mass is 9.95. The molecule has 0 saturated heterocycles. The Morgan fingerprint density at radius 1 is 0.511 bits per heavy atom. The third-order valence-electron chi connectivity index (χ3n) is 8.73. The van der Waals surface area contributed by atoms with Gasteiger partial charge in [0.1, 0.15) is 0 Å². The van der Waals surface area contributed by atoms with Crippen LogP contribution in [0, 0.1) is 5.92 Å². The van der Waals surface area contributed by atoms with Crippen molar-refractivity contribution < 1.29 is 28.5 Å². The molecule has 0 aliphatic rings. The SMILES string of the molecule is CCCCCCCCCCCC(=O)OCCCCC(CCCCCCCCCC)C(=O)OCCCCCOCNCCOCCNC. The molecule has 0 amide bonds. The smallest absolute Gasteiger partial charge is 0.308 e. The Hall–Kier alpha value is -1.22. The lowest BCUT2D eigenvalue weighted by Gasteiger charge is -2.16. The summed E-state index contributed by atoms with van der Waals surface area (Å²) in [6.07, 6.45) is 28.0. The molecule has 1 atom stereocenters. The van der Waals surface area contributed by atoms with Gasteiger partial charge in [-0.3, -0.25) is 14.9 Å². The van der Waals surface area contributed by atoms with Gasteiger partial charge in [0.15, 0.2) is 0 Å². The highest BCUT2D eigenvalue weighted by Gasteiger charge is 2.19. The quantitative estimate of drug-likeness (QED) is 0.0380. The van der Waals surface area contributed by atoms with Crippen LogP contribution in [0.25, 0.3) is 0 Å². The molecule has 0 aliphatic heterocycles. The van der Waals surface area contributed by atoms with E-state index in [0.717, 1.165) is 83.9 Å².